The summed E-state index contributed by atoms with van der Waals surface area (Å²) in [5, 5.41) is 18.1. The number of benzene rings is 1. The molecule has 1 aromatic carbocycles. The van der Waals surface area contributed by atoms with Crippen molar-refractivity contribution in [3.8, 4) is 6.07 Å². The Hall–Kier alpha value is -1.60. The number of rotatable bonds is 3. The SMILES string of the molecule is CN(C)c1ccc(F)cc1C(O)CC#N. The van der Waals surface area contributed by atoms with Crippen molar-refractivity contribution in [3.05, 3.63) is 29.6 Å². The van der Waals surface area contributed by atoms with Gasteiger partial charge in [-0.25, -0.2) is 4.39 Å². The van der Waals surface area contributed by atoms with Crippen LogP contribution in [-0.2, 0) is 0 Å². The Morgan fingerprint density at radius 1 is 1.53 bits per heavy atom. The number of anilines is 1. The zero-order valence-corrected chi connectivity index (χ0v) is 8.74. The molecule has 0 bridgehead atoms. The predicted octanol–water partition coefficient (Wildman–Crippen LogP) is 1.84. The zero-order chi connectivity index (χ0) is 11.4. The number of halogens is 1. The number of hydrogen-bond acceptors (Lipinski definition) is 3. The highest BCUT2D eigenvalue weighted by Gasteiger charge is 2.14. The van der Waals surface area contributed by atoms with Crippen LogP contribution < -0.4 is 4.90 Å². The summed E-state index contributed by atoms with van der Waals surface area (Å²) in [5.74, 6) is -0.410. The highest BCUT2D eigenvalue weighted by molar-refractivity contribution is 5.53. The van der Waals surface area contributed by atoms with Crippen molar-refractivity contribution in [1.82, 2.24) is 0 Å². The molecule has 0 spiro atoms. The zero-order valence-electron chi connectivity index (χ0n) is 8.74. The molecule has 1 atom stereocenters. The van der Waals surface area contributed by atoms with E-state index in [2.05, 4.69) is 0 Å². The van der Waals surface area contributed by atoms with Crippen LogP contribution in [0.15, 0.2) is 18.2 Å². The van der Waals surface area contributed by atoms with Crippen molar-refractivity contribution < 1.29 is 9.50 Å². The van der Waals surface area contributed by atoms with Crippen molar-refractivity contribution in [2.45, 2.75) is 12.5 Å². The van der Waals surface area contributed by atoms with Crippen LogP contribution in [0.2, 0.25) is 0 Å². The molecule has 15 heavy (non-hydrogen) atoms. The van der Waals surface area contributed by atoms with E-state index in [1.54, 1.807) is 25.1 Å². The fourth-order valence-electron chi connectivity index (χ4n) is 1.40. The minimum Gasteiger partial charge on any atom is -0.387 e. The molecular weight excluding hydrogens is 195 g/mol. The van der Waals surface area contributed by atoms with E-state index in [1.165, 1.54) is 12.1 Å². The average Bonchev–Trinajstić information content (AvgIpc) is 2.17. The molecule has 0 heterocycles. The Balaban J connectivity index is 3.13. The van der Waals surface area contributed by atoms with Gasteiger partial charge in [0.1, 0.15) is 5.82 Å². The number of hydrogen-bond donors (Lipinski definition) is 1. The number of nitriles is 1. The maximum absolute atomic E-state index is 13.0. The van der Waals surface area contributed by atoms with E-state index in [0.29, 0.717) is 5.56 Å². The molecule has 0 saturated heterocycles. The van der Waals surface area contributed by atoms with Crippen molar-refractivity contribution >= 4 is 5.69 Å². The van der Waals surface area contributed by atoms with Crippen LogP contribution >= 0.6 is 0 Å². The minimum absolute atomic E-state index is 0.0374. The summed E-state index contributed by atoms with van der Waals surface area (Å²) in [6.07, 6.45) is -0.979. The molecule has 1 unspecified atom stereocenters. The maximum atomic E-state index is 13.0. The molecule has 0 aliphatic heterocycles. The van der Waals surface area contributed by atoms with Crippen molar-refractivity contribution in [3.63, 3.8) is 0 Å². The molecule has 4 heteroatoms. The third-order valence-electron chi connectivity index (χ3n) is 2.12. The summed E-state index contributed by atoms with van der Waals surface area (Å²) in [6, 6.07) is 6.04. The molecule has 0 fully saturated rings. The second-order valence-electron chi connectivity index (χ2n) is 3.48. The third-order valence-corrected chi connectivity index (χ3v) is 2.12. The molecule has 0 radical (unpaired) electrons. The molecule has 3 nitrogen and oxygen atoms in total. The van der Waals surface area contributed by atoms with Gasteiger partial charge in [0.2, 0.25) is 0 Å². The lowest BCUT2D eigenvalue weighted by atomic mass is 10.0. The lowest BCUT2D eigenvalue weighted by Gasteiger charge is -2.19. The van der Waals surface area contributed by atoms with Gasteiger partial charge in [0.25, 0.3) is 0 Å². The fraction of sp³-hybridized carbons (Fsp3) is 0.364. The molecular formula is C11H13FN2O. The van der Waals surface area contributed by atoms with E-state index in [9.17, 15) is 9.50 Å². The molecule has 0 aliphatic rings. The highest BCUT2D eigenvalue weighted by Crippen LogP contribution is 2.27. The van der Waals surface area contributed by atoms with Gasteiger partial charge in [-0.1, -0.05) is 0 Å². The largest absolute Gasteiger partial charge is 0.387 e. The summed E-state index contributed by atoms with van der Waals surface area (Å²) in [7, 11) is 3.60. The Morgan fingerprint density at radius 3 is 2.73 bits per heavy atom. The second kappa shape index (κ2) is 4.76. The minimum atomic E-state index is -0.942. The molecule has 0 saturated carbocycles. The van der Waals surface area contributed by atoms with Crippen LogP contribution in [0.25, 0.3) is 0 Å². The number of nitrogens with zero attached hydrogens (tertiary/aromatic N) is 2. The van der Waals surface area contributed by atoms with Crippen LogP contribution in [0.1, 0.15) is 18.1 Å². The third kappa shape index (κ3) is 2.67. The second-order valence-corrected chi connectivity index (χ2v) is 3.48. The predicted molar refractivity (Wildman–Crippen MR) is 55.9 cm³/mol. The van der Waals surface area contributed by atoms with Gasteiger partial charge in [0.05, 0.1) is 18.6 Å². The molecule has 0 aromatic heterocycles. The van der Waals surface area contributed by atoms with Gasteiger partial charge >= 0.3 is 0 Å². The lowest BCUT2D eigenvalue weighted by Crippen LogP contribution is -2.13. The van der Waals surface area contributed by atoms with Gasteiger partial charge in [-0.15, -0.1) is 0 Å². The van der Waals surface area contributed by atoms with Crippen molar-refractivity contribution in [1.29, 1.82) is 5.26 Å². The van der Waals surface area contributed by atoms with E-state index in [1.807, 2.05) is 6.07 Å². The Morgan fingerprint density at radius 2 is 2.20 bits per heavy atom. The monoisotopic (exact) mass is 208 g/mol. The topological polar surface area (TPSA) is 47.3 Å². The van der Waals surface area contributed by atoms with Crippen LogP contribution in [0.5, 0.6) is 0 Å². The summed E-state index contributed by atoms with van der Waals surface area (Å²) in [4.78, 5) is 1.77. The molecule has 0 aliphatic carbocycles. The van der Waals surface area contributed by atoms with Gasteiger partial charge in [-0.2, -0.15) is 5.26 Å². The first-order valence-corrected chi connectivity index (χ1v) is 4.58. The van der Waals surface area contributed by atoms with Crippen molar-refractivity contribution in [2.75, 3.05) is 19.0 Å². The molecule has 80 valence electrons. The average molecular weight is 208 g/mol. The van der Waals surface area contributed by atoms with Crippen LogP contribution in [0.4, 0.5) is 10.1 Å². The first-order valence-electron chi connectivity index (χ1n) is 4.58. The van der Waals surface area contributed by atoms with Gasteiger partial charge in [0.15, 0.2) is 0 Å². The van der Waals surface area contributed by atoms with Gasteiger partial charge in [-0.3, -0.25) is 0 Å². The van der Waals surface area contributed by atoms with Gasteiger partial charge in [0, 0.05) is 25.3 Å². The summed E-state index contributed by atoms with van der Waals surface area (Å²) < 4.78 is 13.0. The van der Waals surface area contributed by atoms with Crippen LogP contribution in [0, 0.1) is 17.1 Å². The fourth-order valence-corrected chi connectivity index (χ4v) is 1.40. The summed E-state index contributed by atoms with van der Waals surface area (Å²) in [6.45, 7) is 0. The first kappa shape index (κ1) is 11.5. The first-order chi connectivity index (χ1) is 7.06. The van der Waals surface area contributed by atoms with Crippen molar-refractivity contribution in [2.24, 2.45) is 0 Å². The summed E-state index contributed by atoms with van der Waals surface area (Å²) >= 11 is 0. The smallest absolute Gasteiger partial charge is 0.123 e. The Labute approximate surface area is 88.4 Å². The maximum Gasteiger partial charge on any atom is 0.123 e. The van der Waals surface area contributed by atoms with E-state index in [0.717, 1.165) is 5.69 Å². The standard InChI is InChI=1S/C11H13FN2O/c1-14(2)10-4-3-8(12)7-9(10)11(15)5-6-13/h3-4,7,11,15H,5H2,1-2H3. The Bertz CT molecular complexity index is 385. The number of aliphatic hydroxyl groups excluding tert-OH is 1. The highest BCUT2D eigenvalue weighted by atomic mass is 19.1. The van der Waals surface area contributed by atoms with E-state index in [-0.39, 0.29) is 6.42 Å². The van der Waals surface area contributed by atoms with Gasteiger partial charge < -0.3 is 10.0 Å². The van der Waals surface area contributed by atoms with E-state index in [4.69, 9.17) is 5.26 Å². The van der Waals surface area contributed by atoms with Gasteiger partial charge in [-0.05, 0) is 18.2 Å². The molecule has 1 N–H and O–H groups in total. The van der Waals surface area contributed by atoms with Crippen LogP contribution in [0.3, 0.4) is 0 Å². The number of aliphatic hydroxyl groups is 1. The molecule has 1 rings (SSSR count). The normalized spacial score (nSPS) is 11.9. The molecule has 0 amide bonds. The van der Waals surface area contributed by atoms with Crippen LogP contribution in [-0.4, -0.2) is 19.2 Å². The molecule has 1 aromatic rings. The van der Waals surface area contributed by atoms with E-state index >= 15 is 0 Å². The van der Waals surface area contributed by atoms with E-state index < -0.39 is 11.9 Å². The Kier molecular flexibility index (Phi) is 3.64. The summed E-state index contributed by atoms with van der Waals surface area (Å²) in [5.41, 5.74) is 1.17. The lowest BCUT2D eigenvalue weighted by molar-refractivity contribution is 0.183. The quantitative estimate of drug-likeness (QED) is 0.824.